The second-order valence-electron chi connectivity index (χ2n) is 4.80. The average molecular weight is 304 g/mol. The van der Waals surface area contributed by atoms with E-state index in [2.05, 4.69) is 19.2 Å². The molecule has 1 rings (SSSR count). The second kappa shape index (κ2) is 7.61. The largest absolute Gasteiger partial charge is 0.496 e. The molecule has 0 radical (unpaired) electrons. The summed E-state index contributed by atoms with van der Waals surface area (Å²) >= 11 is 11.8. The predicted molar refractivity (Wildman–Crippen MR) is 79.4 cm³/mol. The summed E-state index contributed by atoms with van der Waals surface area (Å²) in [6.45, 7) is 4.18. The summed E-state index contributed by atoms with van der Waals surface area (Å²) in [6.07, 6.45) is 0.831. The van der Waals surface area contributed by atoms with E-state index in [0.717, 1.165) is 6.42 Å². The Kier molecular flexibility index (Phi) is 6.46. The first-order chi connectivity index (χ1) is 8.97. The van der Waals surface area contributed by atoms with Crippen molar-refractivity contribution in [2.75, 3.05) is 13.0 Å². The van der Waals surface area contributed by atoms with Crippen molar-refractivity contribution in [1.29, 1.82) is 0 Å². The van der Waals surface area contributed by atoms with Crippen molar-refractivity contribution >= 4 is 29.1 Å². The zero-order valence-corrected chi connectivity index (χ0v) is 12.9. The summed E-state index contributed by atoms with van der Waals surface area (Å²) in [5, 5.41) is 3.40. The Morgan fingerprint density at radius 3 is 2.63 bits per heavy atom. The first-order valence-corrected chi connectivity index (χ1v) is 7.09. The summed E-state index contributed by atoms with van der Waals surface area (Å²) in [5.41, 5.74) is 0.425. The molecular weight excluding hydrogens is 285 g/mol. The van der Waals surface area contributed by atoms with Gasteiger partial charge in [0, 0.05) is 16.9 Å². The molecule has 0 spiro atoms. The third kappa shape index (κ3) is 4.92. The van der Waals surface area contributed by atoms with E-state index in [9.17, 15) is 4.79 Å². The van der Waals surface area contributed by atoms with Gasteiger partial charge in [-0.3, -0.25) is 4.79 Å². The van der Waals surface area contributed by atoms with E-state index in [1.54, 1.807) is 18.2 Å². The molecule has 1 N–H and O–H groups in total. The summed E-state index contributed by atoms with van der Waals surface area (Å²) in [6, 6.07) is 4.90. The molecule has 0 fully saturated rings. The second-order valence-corrected chi connectivity index (χ2v) is 5.54. The predicted octanol–water partition coefficient (Wildman–Crippen LogP) is 3.73. The normalized spacial score (nSPS) is 12.3. The molecule has 19 heavy (non-hydrogen) atoms. The minimum Gasteiger partial charge on any atom is -0.496 e. The molecule has 0 bridgehead atoms. The lowest BCUT2D eigenvalue weighted by Crippen LogP contribution is -2.37. The smallest absolute Gasteiger partial charge is 0.255 e. The van der Waals surface area contributed by atoms with Crippen molar-refractivity contribution in [3.05, 3.63) is 28.8 Å². The standard InChI is InChI=1S/C14H19Cl2NO2/c1-9(2)6-11(8-15)17-14(18)12-7-10(16)4-5-13(12)19-3/h4-5,7,9,11H,6,8H2,1-3H3,(H,17,18). The van der Waals surface area contributed by atoms with Crippen LogP contribution in [0.25, 0.3) is 0 Å². The molecule has 0 aliphatic carbocycles. The highest BCUT2D eigenvalue weighted by atomic mass is 35.5. The Morgan fingerprint density at radius 2 is 2.11 bits per heavy atom. The number of nitrogens with one attached hydrogen (secondary N) is 1. The van der Waals surface area contributed by atoms with E-state index in [4.69, 9.17) is 27.9 Å². The van der Waals surface area contributed by atoms with Crippen LogP contribution in [0.2, 0.25) is 5.02 Å². The van der Waals surface area contributed by atoms with Crippen molar-refractivity contribution in [3.8, 4) is 5.75 Å². The molecule has 0 saturated heterocycles. The minimum absolute atomic E-state index is 0.0575. The molecule has 1 amide bonds. The fourth-order valence-corrected chi connectivity index (χ4v) is 2.23. The number of halogens is 2. The number of amides is 1. The Balaban J connectivity index is 2.84. The Morgan fingerprint density at radius 1 is 1.42 bits per heavy atom. The number of hydrogen-bond donors (Lipinski definition) is 1. The van der Waals surface area contributed by atoms with Gasteiger partial charge in [0.2, 0.25) is 0 Å². The number of alkyl halides is 1. The van der Waals surface area contributed by atoms with Gasteiger partial charge in [0.1, 0.15) is 5.75 Å². The van der Waals surface area contributed by atoms with Gasteiger partial charge in [-0.2, -0.15) is 0 Å². The molecule has 0 aliphatic heterocycles. The number of methoxy groups -OCH3 is 1. The molecule has 0 aromatic heterocycles. The van der Waals surface area contributed by atoms with Gasteiger partial charge in [-0.25, -0.2) is 0 Å². The van der Waals surface area contributed by atoms with Crippen molar-refractivity contribution in [2.24, 2.45) is 5.92 Å². The zero-order valence-electron chi connectivity index (χ0n) is 11.4. The number of ether oxygens (including phenoxy) is 1. The van der Waals surface area contributed by atoms with Crippen LogP contribution in [0.4, 0.5) is 0 Å². The quantitative estimate of drug-likeness (QED) is 0.813. The molecule has 1 aromatic carbocycles. The lowest BCUT2D eigenvalue weighted by atomic mass is 10.0. The van der Waals surface area contributed by atoms with Gasteiger partial charge in [0.15, 0.2) is 0 Å². The minimum atomic E-state index is -0.217. The highest BCUT2D eigenvalue weighted by Gasteiger charge is 2.17. The monoisotopic (exact) mass is 303 g/mol. The van der Waals surface area contributed by atoms with Crippen LogP contribution in [0.1, 0.15) is 30.6 Å². The summed E-state index contributed by atoms with van der Waals surface area (Å²) in [5.74, 6) is 1.13. The summed E-state index contributed by atoms with van der Waals surface area (Å²) in [7, 11) is 1.52. The van der Waals surface area contributed by atoms with E-state index < -0.39 is 0 Å². The van der Waals surface area contributed by atoms with Crippen LogP contribution in [0.3, 0.4) is 0 Å². The van der Waals surface area contributed by atoms with Crippen LogP contribution < -0.4 is 10.1 Å². The van der Waals surface area contributed by atoms with Crippen molar-refractivity contribution in [3.63, 3.8) is 0 Å². The maximum atomic E-state index is 12.2. The van der Waals surface area contributed by atoms with Crippen LogP contribution >= 0.6 is 23.2 Å². The number of hydrogen-bond acceptors (Lipinski definition) is 2. The molecule has 1 aromatic rings. The molecule has 106 valence electrons. The lowest BCUT2D eigenvalue weighted by molar-refractivity contribution is 0.0933. The number of carbonyl (C=O) groups excluding carboxylic acids is 1. The van der Waals surface area contributed by atoms with Crippen LogP contribution in [-0.4, -0.2) is 24.9 Å². The Bertz CT molecular complexity index is 435. The van der Waals surface area contributed by atoms with Gasteiger partial charge >= 0.3 is 0 Å². The highest BCUT2D eigenvalue weighted by Crippen LogP contribution is 2.22. The Hall–Kier alpha value is -0.930. The third-order valence-corrected chi connectivity index (χ3v) is 3.29. The molecule has 0 aliphatic rings. The van der Waals surface area contributed by atoms with Crippen molar-refractivity contribution in [1.82, 2.24) is 5.32 Å². The topological polar surface area (TPSA) is 38.3 Å². The summed E-state index contributed by atoms with van der Waals surface area (Å²) < 4.78 is 5.17. The first kappa shape index (κ1) is 16.1. The van der Waals surface area contributed by atoms with E-state index in [1.807, 2.05) is 0 Å². The molecule has 1 unspecified atom stereocenters. The van der Waals surface area contributed by atoms with E-state index >= 15 is 0 Å². The molecule has 3 nitrogen and oxygen atoms in total. The average Bonchev–Trinajstić information content (AvgIpc) is 2.37. The zero-order chi connectivity index (χ0) is 14.4. The van der Waals surface area contributed by atoms with Gasteiger partial charge in [0.25, 0.3) is 5.91 Å². The van der Waals surface area contributed by atoms with Crippen molar-refractivity contribution in [2.45, 2.75) is 26.3 Å². The molecule has 0 heterocycles. The van der Waals surface area contributed by atoms with E-state index in [1.165, 1.54) is 7.11 Å². The SMILES string of the molecule is COc1ccc(Cl)cc1C(=O)NC(CCl)CC(C)C. The number of carbonyl (C=O) groups is 1. The molecule has 1 atom stereocenters. The number of rotatable bonds is 6. The first-order valence-electron chi connectivity index (χ1n) is 6.18. The van der Waals surface area contributed by atoms with Crippen LogP contribution in [0, 0.1) is 5.92 Å². The summed E-state index contributed by atoms with van der Waals surface area (Å²) in [4.78, 5) is 12.2. The van der Waals surface area contributed by atoms with Gasteiger partial charge in [-0.15, -0.1) is 11.6 Å². The van der Waals surface area contributed by atoms with Gasteiger partial charge < -0.3 is 10.1 Å². The van der Waals surface area contributed by atoms with Crippen LogP contribution in [-0.2, 0) is 0 Å². The third-order valence-electron chi connectivity index (χ3n) is 2.68. The maximum absolute atomic E-state index is 12.2. The van der Waals surface area contributed by atoms with E-state index in [0.29, 0.717) is 28.1 Å². The Labute approximate surface area is 124 Å². The lowest BCUT2D eigenvalue weighted by Gasteiger charge is -2.19. The maximum Gasteiger partial charge on any atom is 0.255 e. The molecule has 5 heteroatoms. The van der Waals surface area contributed by atoms with Crippen LogP contribution in [0.15, 0.2) is 18.2 Å². The highest BCUT2D eigenvalue weighted by molar-refractivity contribution is 6.31. The van der Waals surface area contributed by atoms with Crippen molar-refractivity contribution < 1.29 is 9.53 Å². The van der Waals surface area contributed by atoms with Gasteiger partial charge in [0.05, 0.1) is 12.7 Å². The molecular formula is C14H19Cl2NO2. The van der Waals surface area contributed by atoms with Gasteiger partial charge in [-0.05, 0) is 30.5 Å². The fraction of sp³-hybridized carbons (Fsp3) is 0.500. The fourth-order valence-electron chi connectivity index (χ4n) is 1.85. The number of benzene rings is 1. The van der Waals surface area contributed by atoms with Gasteiger partial charge in [-0.1, -0.05) is 25.4 Å². The van der Waals surface area contributed by atoms with E-state index in [-0.39, 0.29) is 11.9 Å². The van der Waals surface area contributed by atoms with Crippen LogP contribution in [0.5, 0.6) is 5.75 Å². The molecule has 0 saturated carbocycles.